The quantitative estimate of drug-likeness (QED) is 0.873. The summed E-state index contributed by atoms with van der Waals surface area (Å²) in [5.74, 6) is 0.775. The lowest BCUT2D eigenvalue weighted by Crippen LogP contribution is -2.37. The molecule has 2 fully saturated rings. The SMILES string of the molecule is OC1CCC(CNC2CCN(Cc3ccccc3)C2)CC1. The Balaban J connectivity index is 1.37. The van der Waals surface area contributed by atoms with Crippen molar-refractivity contribution in [2.75, 3.05) is 19.6 Å². The second kappa shape index (κ2) is 7.39. The van der Waals surface area contributed by atoms with Gasteiger partial charge in [0, 0.05) is 25.7 Å². The van der Waals surface area contributed by atoms with Crippen LogP contribution < -0.4 is 5.32 Å². The zero-order valence-electron chi connectivity index (χ0n) is 12.9. The Labute approximate surface area is 128 Å². The van der Waals surface area contributed by atoms with Crippen LogP contribution in [0.15, 0.2) is 30.3 Å². The molecule has 1 aromatic rings. The summed E-state index contributed by atoms with van der Waals surface area (Å²) in [4.78, 5) is 2.55. The van der Waals surface area contributed by atoms with Gasteiger partial charge in [-0.3, -0.25) is 4.90 Å². The highest BCUT2D eigenvalue weighted by Crippen LogP contribution is 2.24. The van der Waals surface area contributed by atoms with E-state index in [9.17, 15) is 5.11 Å². The summed E-state index contributed by atoms with van der Waals surface area (Å²) in [6.07, 6.45) is 5.61. The van der Waals surface area contributed by atoms with E-state index in [1.165, 1.54) is 37.9 Å². The van der Waals surface area contributed by atoms with Crippen LogP contribution >= 0.6 is 0 Å². The van der Waals surface area contributed by atoms with Crippen LogP contribution in [-0.4, -0.2) is 41.8 Å². The van der Waals surface area contributed by atoms with Crippen molar-refractivity contribution in [2.45, 2.75) is 50.8 Å². The Morgan fingerprint density at radius 3 is 2.57 bits per heavy atom. The van der Waals surface area contributed by atoms with Crippen molar-refractivity contribution in [3.05, 3.63) is 35.9 Å². The summed E-state index contributed by atoms with van der Waals surface area (Å²) in [5.41, 5.74) is 1.42. The van der Waals surface area contributed by atoms with Gasteiger partial charge < -0.3 is 10.4 Å². The number of aliphatic hydroxyl groups is 1. The number of rotatable bonds is 5. The number of nitrogens with zero attached hydrogens (tertiary/aromatic N) is 1. The Kier molecular flexibility index (Phi) is 5.28. The van der Waals surface area contributed by atoms with Crippen molar-refractivity contribution in [3.63, 3.8) is 0 Å². The topological polar surface area (TPSA) is 35.5 Å². The molecule has 3 heteroatoms. The third kappa shape index (κ3) is 4.53. The van der Waals surface area contributed by atoms with Crippen LogP contribution in [0, 0.1) is 5.92 Å². The fourth-order valence-corrected chi connectivity index (χ4v) is 3.67. The number of likely N-dealkylation sites (tertiary alicyclic amines) is 1. The molecule has 2 N–H and O–H groups in total. The molecule has 3 nitrogen and oxygen atoms in total. The van der Waals surface area contributed by atoms with E-state index >= 15 is 0 Å². The van der Waals surface area contributed by atoms with Gasteiger partial charge >= 0.3 is 0 Å². The molecule has 0 spiro atoms. The summed E-state index contributed by atoms with van der Waals surface area (Å²) in [6, 6.07) is 11.4. The van der Waals surface area contributed by atoms with Gasteiger partial charge in [-0.2, -0.15) is 0 Å². The molecule has 1 unspecified atom stereocenters. The highest BCUT2D eigenvalue weighted by atomic mass is 16.3. The minimum Gasteiger partial charge on any atom is -0.393 e. The van der Waals surface area contributed by atoms with E-state index in [1.807, 2.05) is 0 Å². The van der Waals surface area contributed by atoms with Gasteiger partial charge in [0.15, 0.2) is 0 Å². The molecule has 3 rings (SSSR count). The molecule has 1 saturated heterocycles. The second-order valence-electron chi connectivity index (χ2n) is 6.79. The first-order valence-corrected chi connectivity index (χ1v) is 8.47. The lowest BCUT2D eigenvalue weighted by Gasteiger charge is -2.27. The Bertz CT molecular complexity index is 414. The maximum atomic E-state index is 9.55. The molecule has 1 aromatic carbocycles. The van der Waals surface area contributed by atoms with Crippen LogP contribution in [0.2, 0.25) is 0 Å². The molecule has 0 aromatic heterocycles. The molecular formula is C18H28N2O. The van der Waals surface area contributed by atoms with E-state index in [0.717, 1.165) is 31.8 Å². The van der Waals surface area contributed by atoms with Gasteiger partial charge in [-0.1, -0.05) is 30.3 Å². The molecule has 0 bridgehead atoms. The van der Waals surface area contributed by atoms with E-state index in [0.29, 0.717) is 6.04 Å². The number of benzene rings is 1. The fraction of sp³-hybridized carbons (Fsp3) is 0.667. The number of aliphatic hydroxyl groups excluding tert-OH is 1. The molecular weight excluding hydrogens is 260 g/mol. The van der Waals surface area contributed by atoms with Crippen molar-refractivity contribution >= 4 is 0 Å². The van der Waals surface area contributed by atoms with Crippen molar-refractivity contribution in [2.24, 2.45) is 5.92 Å². The molecule has 1 saturated carbocycles. The summed E-state index contributed by atoms with van der Waals surface area (Å²) in [7, 11) is 0. The third-order valence-electron chi connectivity index (χ3n) is 5.03. The molecule has 1 aliphatic heterocycles. The van der Waals surface area contributed by atoms with E-state index < -0.39 is 0 Å². The first kappa shape index (κ1) is 15.0. The predicted molar refractivity (Wildman–Crippen MR) is 86.1 cm³/mol. The number of hydrogen-bond acceptors (Lipinski definition) is 3. The van der Waals surface area contributed by atoms with Gasteiger partial charge in [0.25, 0.3) is 0 Å². The fourth-order valence-electron chi connectivity index (χ4n) is 3.67. The van der Waals surface area contributed by atoms with Gasteiger partial charge in [-0.25, -0.2) is 0 Å². The zero-order chi connectivity index (χ0) is 14.5. The monoisotopic (exact) mass is 288 g/mol. The summed E-state index contributed by atoms with van der Waals surface area (Å²) in [5, 5.41) is 13.3. The Hall–Kier alpha value is -0.900. The Morgan fingerprint density at radius 2 is 1.81 bits per heavy atom. The van der Waals surface area contributed by atoms with Crippen LogP contribution in [-0.2, 0) is 6.54 Å². The highest BCUT2D eigenvalue weighted by molar-refractivity contribution is 5.14. The summed E-state index contributed by atoms with van der Waals surface area (Å²) >= 11 is 0. The molecule has 1 heterocycles. The lowest BCUT2D eigenvalue weighted by atomic mass is 9.87. The second-order valence-corrected chi connectivity index (χ2v) is 6.79. The van der Waals surface area contributed by atoms with Crippen molar-refractivity contribution in [1.29, 1.82) is 0 Å². The standard InChI is InChI=1S/C18H28N2O/c21-18-8-6-15(7-9-18)12-19-17-10-11-20(14-17)13-16-4-2-1-3-5-16/h1-5,15,17-19,21H,6-14H2. The van der Waals surface area contributed by atoms with Crippen molar-refractivity contribution in [1.82, 2.24) is 10.2 Å². The molecule has 116 valence electrons. The van der Waals surface area contributed by atoms with E-state index in [4.69, 9.17) is 0 Å². The molecule has 0 amide bonds. The largest absolute Gasteiger partial charge is 0.393 e. The van der Waals surface area contributed by atoms with Crippen molar-refractivity contribution < 1.29 is 5.11 Å². The summed E-state index contributed by atoms with van der Waals surface area (Å²) in [6.45, 7) is 4.59. The van der Waals surface area contributed by atoms with Crippen LogP contribution in [0.25, 0.3) is 0 Å². The van der Waals surface area contributed by atoms with Gasteiger partial charge in [0.1, 0.15) is 0 Å². The van der Waals surface area contributed by atoms with Crippen LogP contribution in [0.4, 0.5) is 0 Å². The molecule has 1 atom stereocenters. The maximum Gasteiger partial charge on any atom is 0.0540 e. The minimum absolute atomic E-state index is 0.0332. The minimum atomic E-state index is -0.0332. The smallest absolute Gasteiger partial charge is 0.0540 e. The van der Waals surface area contributed by atoms with Crippen LogP contribution in [0.3, 0.4) is 0 Å². The van der Waals surface area contributed by atoms with Gasteiger partial charge in [0.05, 0.1) is 6.10 Å². The van der Waals surface area contributed by atoms with Crippen LogP contribution in [0.1, 0.15) is 37.7 Å². The van der Waals surface area contributed by atoms with Gasteiger partial charge in [-0.05, 0) is 50.1 Å². The maximum absolute atomic E-state index is 9.55. The highest BCUT2D eigenvalue weighted by Gasteiger charge is 2.24. The average Bonchev–Trinajstić information content (AvgIpc) is 2.95. The van der Waals surface area contributed by atoms with E-state index in [-0.39, 0.29) is 6.10 Å². The molecule has 2 aliphatic rings. The average molecular weight is 288 g/mol. The lowest BCUT2D eigenvalue weighted by molar-refractivity contribution is 0.107. The summed E-state index contributed by atoms with van der Waals surface area (Å²) < 4.78 is 0. The number of nitrogens with one attached hydrogen (secondary N) is 1. The molecule has 21 heavy (non-hydrogen) atoms. The molecule has 1 aliphatic carbocycles. The first-order chi connectivity index (χ1) is 10.3. The van der Waals surface area contributed by atoms with E-state index in [1.54, 1.807) is 0 Å². The normalized spacial score (nSPS) is 30.6. The zero-order valence-corrected chi connectivity index (χ0v) is 12.9. The molecule has 0 radical (unpaired) electrons. The van der Waals surface area contributed by atoms with Crippen LogP contribution in [0.5, 0.6) is 0 Å². The third-order valence-corrected chi connectivity index (χ3v) is 5.03. The van der Waals surface area contributed by atoms with Gasteiger partial charge in [-0.15, -0.1) is 0 Å². The van der Waals surface area contributed by atoms with Gasteiger partial charge in [0.2, 0.25) is 0 Å². The van der Waals surface area contributed by atoms with E-state index in [2.05, 4.69) is 40.5 Å². The first-order valence-electron chi connectivity index (χ1n) is 8.47. The number of hydrogen-bond donors (Lipinski definition) is 2. The van der Waals surface area contributed by atoms with Crippen molar-refractivity contribution in [3.8, 4) is 0 Å². The Morgan fingerprint density at radius 1 is 1.05 bits per heavy atom. The predicted octanol–water partition coefficient (Wildman–Crippen LogP) is 2.40.